The number of halogens is 1. The molecular weight excluding hydrogens is 394 g/mol. The third kappa shape index (κ3) is 3.67. The Morgan fingerprint density at radius 2 is 1.75 bits per heavy atom. The number of anilines is 1. The lowest BCUT2D eigenvalue weighted by molar-refractivity contribution is 0.160. The fourth-order valence-electron chi connectivity index (χ4n) is 3.08. The Kier molecular flexibility index (Phi) is 5.17. The van der Waals surface area contributed by atoms with Gasteiger partial charge in [-0.3, -0.25) is 0 Å². The summed E-state index contributed by atoms with van der Waals surface area (Å²) in [5.41, 5.74) is 2.76. The van der Waals surface area contributed by atoms with E-state index in [-0.39, 0.29) is 11.8 Å². The van der Waals surface area contributed by atoms with Crippen LogP contribution in [0.15, 0.2) is 60.2 Å². The van der Waals surface area contributed by atoms with E-state index in [1.807, 2.05) is 31.2 Å². The molecule has 2 atom stereocenters. The molecule has 0 saturated carbocycles. The molecule has 142 valence electrons. The Bertz CT molecular complexity index is 1100. The highest BCUT2D eigenvalue weighted by atomic mass is 35.5. The second-order valence-electron chi connectivity index (χ2n) is 6.53. The van der Waals surface area contributed by atoms with Crippen molar-refractivity contribution in [2.24, 2.45) is 0 Å². The number of aliphatic hydroxyl groups excluding tert-OH is 1. The Labute approximate surface area is 171 Å². The Hall–Kier alpha value is -2.67. The lowest BCUT2D eigenvalue weighted by Gasteiger charge is -2.21. The number of aliphatic hydroxyl groups is 1. The molecule has 0 aliphatic rings. The predicted molar refractivity (Wildman–Crippen MR) is 114 cm³/mol. The van der Waals surface area contributed by atoms with Gasteiger partial charge in [-0.2, -0.15) is 0 Å². The molecule has 0 amide bonds. The number of benzene rings is 2. The van der Waals surface area contributed by atoms with Crippen LogP contribution in [0.2, 0.25) is 5.02 Å². The zero-order valence-electron chi connectivity index (χ0n) is 15.0. The molecular formula is C21H18ClN3O2S. The molecule has 0 spiro atoms. The smallest absolute Gasteiger partial charge is 0.139 e. The molecule has 2 heterocycles. The van der Waals surface area contributed by atoms with Crippen LogP contribution in [0.4, 0.5) is 5.82 Å². The van der Waals surface area contributed by atoms with E-state index in [1.54, 1.807) is 35.6 Å². The summed E-state index contributed by atoms with van der Waals surface area (Å²) in [6.45, 7) is 1.89. The zero-order chi connectivity index (χ0) is 19.7. The highest BCUT2D eigenvalue weighted by molar-refractivity contribution is 7.17. The van der Waals surface area contributed by atoms with Gasteiger partial charge in [-0.05, 0) is 42.3 Å². The summed E-state index contributed by atoms with van der Waals surface area (Å²) in [6, 6.07) is 13.9. The molecule has 0 fully saturated rings. The van der Waals surface area contributed by atoms with Crippen LogP contribution in [0.1, 0.15) is 18.6 Å². The lowest BCUT2D eigenvalue weighted by Crippen LogP contribution is -2.24. The highest BCUT2D eigenvalue weighted by Gasteiger charge is 2.20. The van der Waals surface area contributed by atoms with Gasteiger partial charge in [-0.15, -0.1) is 11.3 Å². The van der Waals surface area contributed by atoms with Crippen LogP contribution in [0.25, 0.3) is 21.3 Å². The third-order valence-electron chi connectivity index (χ3n) is 4.60. The van der Waals surface area contributed by atoms with Crippen molar-refractivity contribution >= 4 is 39.0 Å². The molecule has 0 aliphatic heterocycles. The maximum absolute atomic E-state index is 10.7. The Morgan fingerprint density at radius 1 is 1.04 bits per heavy atom. The second kappa shape index (κ2) is 7.75. The van der Waals surface area contributed by atoms with E-state index in [0.29, 0.717) is 16.4 Å². The van der Waals surface area contributed by atoms with Gasteiger partial charge in [-0.25, -0.2) is 9.97 Å². The minimum atomic E-state index is -0.761. The maximum atomic E-state index is 10.7. The van der Waals surface area contributed by atoms with Crippen LogP contribution >= 0.6 is 22.9 Å². The number of rotatable bonds is 5. The number of hydrogen-bond acceptors (Lipinski definition) is 6. The molecule has 7 heteroatoms. The normalized spacial score (nSPS) is 13.4. The number of thiophene rings is 1. The van der Waals surface area contributed by atoms with Crippen molar-refractivity contribution in [2.75, 3.05) is 5.32 Å². The van der Waals surface area contributed by atoms with E-state index < -0.39 is 6.10 Å². The molecule has 2 aromatic heterocycles. The highest BCUT2D eigenvalue weighted by Crippen LogP contribution is 2.37. The second-order valence-corrected chi connectivity index (χ2v) is 7.82. The number of aromatic hydroxyl groups is 1. The van der Waals surface area contributed by atoms with Crippen LogP contribution < -0.4 is 5.32 Å². The van der Waals surface area contributed by atoms with Crippen LogP contribution in [-0.4, -0.2) is 26.2 Å². The Morgan fingerprint density at radius 3 is 2.46 bits per heavy atom. The summed E-state index contributed by atoms with van der Waals surface area (Å²) in [5, 5.41) is 27.1. The van der Waals surface area contributed by atoms with E-state index in [0.717, 1.165) is 21.3 Å². The zero-order valence-corrected chi connectivity index (χ0v) is 16.6. The number of aromatic nitrogens is 2. The molecule has 5 nitrogen and oxygen atoms in total. The van der Waals surface area contributed by atoms with Crippen LogP contribution in [0.5, 0.6) is 5.75 Å². The monoisotopic (exact) mass is 411 g/mol. The number of nitrogens with zero attached hydrogens (tertiary/aromatic N) is 2. The van der Waals surface area contributed by atoms with Gasteiger partial charge in [-0.1, -0.05) is 35.9 Å². The summed E-state index contributed by atoms with van der Waals surface area (Å²) in [4.78, 5) is 9.67. The average Bonchev–Trinajstić information content (AvgIpc) is 3.14. The van der Waals surface area contributed by atoms with Crippen molar-refractivity contribution in [3.8, 4) is 16.9 Å². The first-order chi connectivity index (χ1) is 13.5. The first-order valence-electron chi connectivity index (χ1n) is 8.74. The summed E-state index contributed by atoms with van der Waals surface area (Å²) in [7, 11) is 0. The number of fused-ring (bicyclic) bond motifs is 1. The Balaban J connectivity index is 1.67. The topological polar surface area (TPSA) is 78.3 Å². The fourth-order valence-corrected chi connectivity index (χ4v) is 4.12. The van der Waals surface area contributed by atoms with Gasteiger partial charge in [0.15, 0.2) is 0 Å². The summed E-state index contributed by atoms with van der Waals surface area (Å²) in [6.07, 6.45) is 0.759. The average molecular weight is 412 g/mol. The summed E-state index contributed by atoms with van der Waals surface area (Å²) >= 11 is 7.56. The van der Waals surface area contributed by atoms with E-state index in [4.69, 9.17) is 11.6 Å². The van der Waals surface area contributed by atoms with Crippen molar-refractivity contribution in [2.45, 2.75) is 19.1 Å². The molecule has 0 saturated heterocycles. The predicted octanol–water partition coefficient (Wildman–Crippen LogP) is 5.25. The van der Waals surface area contributed by atoms with E-state index in [9.17, 15) is 10.2 Å². The molecule has 0 unspecified atom stereocenters. The number of phenolic OH excluding ortho intramolecular Hbond substituents is 1. The molecule has 28 heavy (non-hydrogen) atoms. The van der Waals surface area contributed by atoms with Gasteiger partial charge in [0, 0.05) is 16.0 Å². The minimum Gasteiger partial charge on any atom is -0.508 e. The molecule has 0 radical (unpaired) electrons. The standard InChI is InChI=1S/C21H18ClN3O2S/c1-12(19(27)14-4-8-16(26)9-5-14)25-20-18-17(10-28-21(18)24-11-23-20)13-2-6-15(22)7-3-13/h2-12,19,26-27H,1H3,(H,23,24,25)/t12-,19+/m0/s1. The molecule has 3 N–H and O–H groups in total. The third-order valence-corrected chi connectivity index (χ3v) is 5.74. The van der Waals surface area contributed by atoms with Crippen LogP contribution in [0, 0.1) is 0 Å². The number of hydrogen-bond donors (Lipinski definition) is 3. The van der Waals surface area contributed by atoms with E-state index >= 15 is 0 Å². The van der Waals surface area contributed by atoms with Crippen molar-refractivity contribution in [3.63, 3.8) is 0 Å². The van der Waals surface area contributed by atoms with Crippen LogP contribution in [-0.2, 0) is 0 Å². The SMILES string of the molecule is C[C@H](Nc1ncnc2scc(-c3ccc(Cl)cc3)c12)[C@@H](O)c1ccc(O)cc1. The first kappa shape index (κ1) is 18.7. The quantitative estimate of drug-likeness (QED) is 0.418. The van der Waals surface area contributed by atoms with Crippen molar-refractivity contribution < 1.29 is 10.2 Å². The van der Waals surface area contributed by atoms with Gasteiger partial charge in [0.05, 0.1) is 17.5 Å². The molecule has 2 aromatic carbocycles. The summed E-state index contributed by atoms with van der Waals surface area (Å²) < 4.78 is 0. The van der Waals surface area contributed by atoms with Gasteiger partial charge < -0.3 is 15.5 Å². The fraction of sp³-hybridized carbons (Fsp3) is 0.143. The maximum Gasteiger partial charge on any atom is 0.139 e. The number of nitrogens with one attached hydrogen (secondary N) is 1. The van der Waals surface area contributed by atoms with Crippen molar-refractivity contribution in [1.82, 2.24) is 9.97 Å². The van der Waals surface area contributed by atoms with Crippen molar-refractivity contribution in [1.29, 1.82) is 0 Å². The first-order valence-corrected chi connectivity index (χ1v) is 10.0. The lowest BCUT2D eigenvalue weighted by atomic mass is 10.0. The molecule has 0 aliphatic carbocycles. The van der Waals surface area contributed by atoms with E-state index in [2.05, 4.69) is 20.7 Å². The van der Waals surface area contributed by atoms with Crippen molar-refractivity contribution in [3.05, 3.63) is 70.8 Å². The number of phenols is 1. The van der Waals surface area contributed by atoms with Gasteiger partial charge in [0.2, 0.25) is 0 Å². The largest absolute Gasteiger partial charge is 0.508 e. The van der Waals surface area contributed by atoms with Crippen LogP contribution in [0.3, 0.4) is 0 Å². The minimum absolute atomic E-state index is 0.167. The molecule has 4 rings (SSSR count). The van der Waals surface area contributed by atoms with Gasteiger partial charge in [0.25, 0.3) is 0 Å². The van der Waals surface area contributed by atoms with Gasteiger partial charge >= 0.3 is 0 Å². The summed E-state index contributed by atoms with van der Waals surface area (Å²) in [5.74, 6) is 0.835. The molecule has 4 aromatic rings. The van der Waals surface area contributed by atoms with Gasteiger partial charge in [0.1, 0.15) is 22.7 Å². The molecule has 0 bridgehead atoms. The van der Waals surface area contributed by atoms with E-state index in [1.165, 1.54) is 6.33 Å².